The van der Waals surface area contributed by atoms with Gasteiger partial charge in [0.2, 0.25) is 15.9 Å². The Bertz CT molecular complexity index is 1240. The van der Waals surface area contributed by atoms with E-state index in [1.54, 1.807) is 0 Å². The molecule has 8 nitrogen and oxygen atoms in total. The van der Waals surface area contributed by atoms with Gasteiger partial charge in [0.1, 0.15) is 18.3 Å². The molecule has 0 radical (unpaired) electrons. The highest BCUT2D eigenvalue weighted by atomic mass is 32.2. The molecule has 1 aliphatic heterocycles. The molecule has 38 heavy (non-hydrogen) atoms. The molecular weight excluding hydrogens is 506 g/mol. The van der Waals surface area contributed by atoms with Gasteiger partial charge in [-0.1, -0.05) is 91.0 Å². The minimum atomic E-state index is -3.77. The first-order valence-corrected chi connectivity index (χ1v) is 14.3. The number of sulfonamides is 1. The number of rotatable bonds is 12. The summed E-state index contributed by atoms with van der Waals surface area (Å²) in [5.74, 6) is -1.60. The van der Waals surface area contributed by atoms with Crippen LogP contribution in [0.4, 0.5) is 0 Å². The Morgan fingerprint density at radius 1 is 0.789 bits per heavy atom. The normalized spacial score (nSPS) is 21.6. The van der Waals surface area contributed by atoms with Crippen molar-refractivity contribution in [3.8, 4) is 0 Å². The van der Waals surface area contributed by atoms with Gasteiger partial charge in [0.05, 0.1) is 45.2 Å². The fraction of sp³-hybridized carbons (Fsp3) is 0.345. The lowest BCUT2D eigenvalue weighted by molar-refractivity contribution is -0.218. The molecule has 202 valence electrons. The molecule has 1 heterocycles. The van der Waals surface area contributed by atoms with Gasteiger partial charge in [-0.05, 0) is 16.7 Å². The average Bonchev–Trinajstić information content (AvgIpc) is 2.92. The zero-order valence-corrected chi connectivity index (χ0v) is 22.1. The van der Waals surface area contributed by atoms with Crippen LogP contribution in [0.25, 0.3) is 0 Å². The van der Waals surface area contributed by atoms with Crippen molar-refractivity contribution in [1.82, 2.24) is 4.72 Å². The van der Waals surface area contributed by atoms with E-state index < -0.39 is 40.2 Å². The second-order valence-corrected chi connectivity index (χ2v) is 11.0. The van der Waals surface area contributed by atoms with Gasteiger partial charge in [0.15, 0.2) is 0 Å². The predicted molar refractivity (Wildman–Crippen MR) is 142 cm³/mol. The molecule has 0 aromatic heterocycles. The summed E-state index contributed by atoms with van der Waals surface area (Å²) in [5.41, 5.74) is 2.88. The zero-order valence-electron chi connectivity index (χ0n) is 21.3. The van der Waals surface area contributed by atoms with E-state index in [4.69, 9.17) is 18.9 Å². The van der Waals surface area contributed by atoms with Crippen molar-refractivity contribution in [1.29, 1.82) is 0 Å². The first-order valence-electron chi connectivity index (χ1n) is 12.4. The number of hydrogen-bond acceptors (Lipinski definition) is 7. The SMILES string of the molecule is CS(=O)(=O)NC(=O)[C@@H]1CO[C@H](COCc2ccccc2)[C@H](OCc2ccccc2)[C@@H]1OCc1ccccc1. The van der Waals surface area contributed by atoms with Crippen molar-refractivity contribution in [2.45, 2.75) is 38.1 Å². The van der Waals surface area contributed by atoms with Crippen molar-refractivity contribution in [3.05, 3.63) is 108 Å². The third-order valence-corrected chi connectivity index (χ3v) is 6.74. The Morgan fingerprint density at radius 2 is 1.26 bits per heavy atom. The summed E-state index contributed by atoms with van der Waals surface area (Å²) < 4.78 is 50.4. The minimum absolute atomic E-state index is 0.0363. The van der Waals surface area contributed by atoms with E-state index in [1.807, 2.05) is 91.0 Å². The molecule has 0 unspecified atom stereocenters. The van der Waals surface area contributed by atoms with E-state index in [0.717, 1.165) is 22.9 Å². The summed E-state index contributed by atoms with van der Waals surface area (Å²) in [6, 6.07) is 29.0. The highest BCUT2D eigenvalue weighted by Crippen LogP contribution is 2.29. The molecule has 0 spiro atoms. The van der Waals surface area contributed by atoms with Crippen LogP contribution in [0.5, 0.6) is 0 Å². The Kier molecular flexibility index (Phi) is 10.0. The molecule has 0 aliphatic carbocycles. The van der Waals surface area contributed by atoms with E-state index in [0.29, 0.717) is 6.61 Å². The van der Waals surface area contributed by atoms with Crippen LogP contribution in [0.1, 0.15) is 16.7 Å². The smallest absolute Gasteiger partial charge is 0.241 e. The van der Waals surface area contributed by atoms with Crippen LogP contribution >= 0.6 is 0 Å². The van der Waals surface area contributed by atoms with Gasteiger partial charge >= 0.3 is 0 Å². The maximum atomic E-state index is 13.0. The molecule has 3 aromatic rings. The number of hydrogen-bond donors (Lipinski definition) is 1. The molecule has 9 heteroatoms. The fourth-order valence-corrected chi connectivity index (χ4v) is 4.81. The Balaban J connectivity index is 1.55. The third-order valence-electron chi connectivity index (χ3n) is 6.16. The van der Waals surface area contributed by atoms with Crippen molar-refractivity contribution in [3.63, 3.8) is 0 Å². The van der Waals surface area contributed by atoms with Gasteiger partial charge in [-0.25, -0.2) is 8.42 Å². The molecule has 0 bridgehead atoms. The van der Waals surface area contributed by atoms with Crippen LogP contribution in [-0.2, 0) is 53.6 Å². The van der Waals surface area contributed by atoms with Crippen LogP contribution in [0.3, 0.4) is 0 Å². The molecular formula is C29H33NO7S. The number of benzene rings is 3. The minimum Gasteiger partial charge on any atom is -0.374 e. The van der Waals surface area contributed by atoms with Gasteiger partial charge in [-0.15, -0.1) is 0 Å². The molecule has 1 amide bonds. The second kappa shape index (κ2) is 13.6. The summed E-state index contributed by atoms with van der Waals surface area (Å²) >= 11 is 0. The van der Waals surface area contributed by atoms with Gasteiger partial charge in [-0.2, -0.15) is 0 Å². The van der Waals surface area contributed by atoms with Gasteiger partial charge in [0.25, 0.3) is 0 Å². The first-order chi connectivity index (χ1) is 18.4. The molecule has 1 fully saturated rings. The molecule has 3 aromatic carbocycles. The maximum absolute atomic E-state index is 13.0. The van der Waals surface area contributed by atoms with Crippen molar-refractivity contribution >= 4 is 15.9 Å². The van der Waals surface area contributed by atoms with Gasteiger partial charge in [0, 0.05) is 0 Å². The molecule has 1 N–H and O–H groups in total. The Morgan fingerprint density at radius 3 is 1.76 bits per heavy atom. The highest BCUT2D eigenvalue weighted by molar-refractivity contribution is 7.89. The van der Waals surface area contributed by atoms with E-state index in [1.165, 1.54) is 0 Å². The average molecular weight is 540 g/mol. The highest BCUT2D eigenvalue weighted by Gasteiger charge is 2.46. The Labute approximate surface area is 223 Å². The van der Waals surface area contributed by atoms with Gasteiger partial charge < -0.3 is 18.9 Å². The van der Waals surface area contributed by atoms with Crippen LogP contribution in [-0.4, -0.2) is 52.1 Å². The number of nitrogens with one attached hydrogen (secondary N) is 1. The molecule has 0 saturated carbocycles. The lowest BCUT2D eigenvalue weighted by atomic mass is 9.91. The lowest BCUT2D eigenvalue weighted by Crippen LogP contribution is -2.58. The molecule has 4 rings (SSSR count). The quantitative estimate of drug-likeness (QED) is 0.376. The summed E-state index contributed by atoms with van der Waals surface area (Å²) in [4.78, 5) is 13.0. The first kappa shape index (κ1) is 27.9. The largest absolute Gasteiger partial charge is 0.374 e. The van der Waals surface area contributed by atoms with Crippen LogP contribution in [0.15, 0.2) is 91.0 Å². The second-order valence-electron chi connectivity index (χ2n) is 9.24. The molecule has 1 aliphatic rings. The van der Waals surface area contributed by atoms with Crippen molar-refractivity contribution < 1.29 is 32.2 Å². The monoisotopic (exact) mass is 539 g/mol. The summed E-state index contributed by atoms with van der Waals surface area (Å²) in [5, 5.41) is 0. The number of ether oxygens (including phenoxy) is 4. The van der Waals surface area contributed by atoms with Crippen LogP contribution < -0.4 is 4.72 Å². The molecule has 4 atom stereocenters. The zero-order chi connectivity index (χ0) is 26.8. The van der Waals surface area contributed by atoms with Gasteiger partial charge in [-0.3, -0.25) is 9.52 Å². The van der Waals surface area contributed by atoms with Crippen LogP contribution in [0, 0.1) is 5.92 Å². The van der Waals surface area contributed by atoms with E-state index in [-0.39, 0.29) is 26.4 Å². The predicted octanol–water partition coefficient (Wildman–Crippen LogP) is 3.46. The number of carbonyl (C=O) groups is 1. The van der Waals surface area contributed by atoms with E-state index in [9.17, 15) is 13.2 Å². The van der Waals surface area contributed by atoms with Crippen LogP contribution in [0.2, 0.25) is 0 Å². The van der Waals surface area contributed by atoms with Crippen molar-refractivity contribution in [2.75, 3.05) is 19.5 Å². The number of carbonyl (C=O) groups excluding carboxylic acids is 1. The summed E-state index contributed by atoms with van der Waals surface area (Å²) in [7, 11) is -3.77. The third kappa shape index (κ3) is 8.47. The molecule has 1 saturated heterocycles. The van der Waals surface area contributed by atoms with E-state index >= 15 is 0 Å². The summed E-state index contributed by atoms with van der Waals surface area (Å²) in [6.07, 6.45) is -1.07. The standard InChI is InChI=1S/C29H33NO7S/c1-38(32,33)30-29(31)25-20-35-26(21-34-17-22-11-5-2-6-12-22)28(37-19-24-15-9-4-10-16-24)27(25)36-18-23-13-7-3-8-14-23/h2-16,25-28H,17-21H2,1H3,(H,30,31)/t25-,26-,27-,28+/m1/s1. The van der Waals surface area contributed by atoms with E-state index in [2.05, 4.69) is 4.72 Å². The number of amides is 1. The topological polar surface area (TPSA) is 100 Å². The summed E-state index contributed by atoms with van der Waals surface area (Å²) in [6.45, 7) is 1.04. The maximum Gasteiger partial charge on any atom is 0.241 e. The lowest BCUT2D eigenvalue weighted by Gasteiger charge is -2.41. The van der Waals surface area contributed by atoms with Crippen molar-refractivity contribution in [2.24, 2.45) is 5.92 Å². The fourth-order valence-electron chi connectivity index (χ4n) is 4.30. The Hall–Kier alpha value is -3.08.